The highest BCUT2D eigenvalue weighted by Gasteiger charge is 2.29. The fraction of sp³-hybridized carbons (Fsp3) is 0.500. The van der Waals surface area contributed by atoms with Crippen LogP contribution in [-0.2, 0) is 9.53 Å². The number of thiazole rings is 1. The summed E-state index contributed by atoms with van der Waals surface area (Å²) in [5.74, 6) is 1.71. The number of amides is 2. The molecule has 0 unspecified atom stereocenters. The molecule has 196 valence electrons. The Kier molecular flexibility index (Phi) is 6.89. The molecule has 0 saturated carbocycles. The molecule has 2 aromatic heterocycles. The molecule has 37 heavy (non-hydrogen) atoms. The Morgan fingerprint density at radius 3 is 2.57 bits per heavy atom. The van der Waals surface area contributed by atoms with Gasteiger partial charge in [-0.3, -0.25) is 9.78 Å². The van der Waals surface area contributed by atoms with Crippen LogP contribution < -0.4 is 15.0 Å². The van der Waals surface area contributed by atoms with Gasteiger partial charge in [0.15, 0.2) is 0 Å². The lowest BCUT2D eigenvalue weighted by Gasteiger charge is -2.36. The predicted octanol–water partition coefficient (Wildman–Crippen LogP) is 3.71. The largest absolute Gasteiger partial charge is 0.489 e. The maximum absolute atomic E-state index is 12.3. The van der Waals surface area contributed by atoms with Gasteiger partial charge in [-0.25, -0.2) is 14.8 Å². The van der Waals surface area contributed by atoms with Gasteiger partial charge in [-0.15, -0.1) is 11.3 Å². The van der Waals surface area contributed by atoms with E-state index in [-0.39, 0.29) is 24.0 Å². The van der Waals surface area contributed by atoms with Gasteiger partial charge in [-0.1, -0.05) is 0 Å². The van der Waals surface area contributed by atoms with Crippen molar-refractivity contribution in [1.82, 2.24) is 25.2 Å². The van der Waals surface area contributed by atoms with Crippen molar-refractivity contribution in [2.45, 2.75) is 45.8 Å². The third-order valence-electron chi connectivity index (χ3n) is 6.57. The summed E-state index contributed by atoms with van der Waals surface area (Å²) >= 11 is 1.53. The summed E-state index contributed by atoms with van der Waals surface area (Å²) in [6.45, 7) is 10.7. The van der Waals surface area contributed by atoms with E-state index in [4.69, 9.17) is 9.47 Å². The highest BCUT2D eigenvalue weighted by Crippen LogP contribution is 2.35. The first-order valence-electron chi connectivity index (χ1n) is 12.5. The number of piperazine rings is 1. The van der Waals surface area contributed by atoms with Crippen molar-refractivity contribution >= 4 is 39.4 Å². The first kappa shape index (κ1) is 25.2. The lowest BCUT2D eigenvalue weighted by atomic mass is 10.0. The van der Waals surface area contributed by atoms with Gasteiger partial charge in [0, 0.05) is 50.6 Å². The Morgan fingerprint density at radius 2 is 1.92 bits per heavy atom. The molecule has 2 amide bonds. The topological polar surface area (TPSA) is 110 Å². The molecule has 10 nitrogen and oxygen atoms in total. The minimum Gasteiger partial charge on any atom is -0.489 e. The van der Waals surface area contributed by atoms with Crippen LogP contribution in [0.15, 0.2) is 30.0 Å². The van der Waals surface area contributed by atoms with Gasteiger partial charge in [0.1, 0.15) is 23.3 Å². The van der Waals surface area contributed by atoms with E-state index in [0.29, 0.717) is 39.1 Å². The molecule has 0 radical (unpaired) electrons. The van der Waals surface area contributed by atoms with Gasteiger partial charge < -0.3 is 24.6 Å². The second kappa shape index (κ2) is 10.1. The van der Waals surface area contributed by atoms with Crippen molar-refractivity contribution in [2.24, 2.45) is 5.92 Å². The second-order valence-corrected chi connectivity index (χ2v) is 11.3. The summed E-state index contributed by atoms with van der Waals surface area (Å²) in [6.07, 6.45) is 3.60. The fourth-order valence-corrected chi connectivity index (χ4v) is 5.23. The summed E-state index contributed by atoms with van der Waals surface area (Å²) in [6, 6.07) is 3.97. The lowest BCUT2D eigenvalue weighted by Crippen LogP contribution is -2.50. The smallest absolute Gasteiger partial charge is 0.410 e. The first-order valence-corrected chi connectivity index (χ1v) is 13.4. The third kappa shape index (κ3) is 5.76. The zero-order valence-electron chi connectivity index (χ0n) is 21.6. The summed E-state index contributed by atoms with van der Waals surface area (Å²) in [4.78, 5) is 41.7. The van der Waals surface area contributed by atoms with E-state index in [0.717, 1.165) is 33.0 Å². The van der Waals surface area contributed by atoms with E-state index in [2.05, 4.69) is 25.2 Å². The molecule has 11 heteroatoms. The molecule has 3 aromatic rings. The number of hydrogen-bond donors (Lipinski definition) is 1. The van der Waals surface area contributed by atoms with E-state index in [1.807, 2.05) is 39.8 Å². The van der Waals surface area contributed by atoms with Crippen LogP contribution in [-0.4, -0.2) is 76.3 Å². The van der Waals surface area contributed by atoms with Crippen molar-refractivity contribution < 1.29 is 19.1 Å². The molecule has 1 aromatic carbocycles. The molecule has 1 N–H and O–H groups in total. The van der Waals surface area contributed by atoms with E-state index >= 15 is 0 Å². The maximum Gasteiger partial charge on any atom is 0.410 e. The number of nitrogens with one attached hydrogen (secondary N) is 1. The number of fused-ring (bicyclic) bond motifs is 1. The monoisotopic (exact) mass is 524 g/mol. The average Bonchev–Trinajstić information content (AvgIpc) is 3.52. The van der Waals surface area contributed by atoms with Crippen LogP contribution in [0.25, 0.3) is 21.5 Å². The highest BCUT2D eigenvalue weighted by molar-refractivity contribution is 7.17. The molecule has 0 spiro atoms. The molecule has 2 atom stereocenters. The van der Waals surface area contributed by atoms with Gasteiger partial charge in [-0.2, -0.15) is 0 Å². The van der Waals surface area contributed by atoms with E-state index in [1.54, 1.807) is 22.8 Å². The Balaban J connectivity index is 1.28. The van der Waals surface area contributed by atoms with Crippen LogP contribution in [0.1, 0.15) is 34.1 Å². The summed E-state index contributed by atoms with van der Waals surface area (Å²) in [5.41, 5.74) is 3.73. The summed E-state index contributed by atoms with van der Waals surface area (Å²) < 4.78 is 12.8. The fourth-order valence-electron chi connectivity index (χ4n) is 4.51. The van der Waals surface area contributed by atoms with E-state index in [9.17, 15) is 9.59 Å². The number of benzene rings is 1. The first-order chi connectivity index (χ1) is 17.7. The number of rotatable bonds is 5. The molecule has 2 fully saturated rings. The Labute approximate surface area is 220 Å². The van der Waals surface area contributed by atoms with Crippen LogP contribution in [0, 0.1) is 5.92 Å². The van der Waals surface area contributed by atoms with Crippen LogP contribution in [0.5, 0.6) is 5.75 Å². The number of ether oxygens (including phenoxy) is 2. The summed E-state index contributed by atoms with van der Waals surface area (Å²) in [5, 5.41) is 2.88. The van der Waals surface area contributed by atoms with Crippen molar-refractivity contribution in [1.29, 1.82) is 0 Å². The van der Waals surface area contributed by atoms with E-state index < -0.39 is 5.60 Å². The molecule has 5 rings (SSSR count). The van der Waals surface area contributed by atoms with Crippen LogP contribution >= 0.6 is 11.3 Å². The lowest BCUT2D eigenvalue weighted by molar-refractivity contribution is -0.119. The molecule has 0 bridgehead atoms. The van der Waals surface area contributed by atoms with Crippen LogP contribution in [0.3, 0.4) is 0 Å². The van der Waals surface area contributed by atoms with Crippen molar-refractivity contribution in [2.75, 3.05) is 37.6 Å². The number of hydrogen-bond acceptors (Lipinski definition) is 9. The van der Waals surface area contributed by atoms with Crippen molar-refractivity contribution in [3.05, 3.63) is 30.0 Å². The van der Waals surface area contributed by atoms with Crippen LogP contribution in [0.4, 0.5) is 10.6 Å². The quantitative estimate of drug-likeness (QED) is 0.538. The van der Waals surface area contributed by atoms with Gasteiger partial charge in [0.25, 0.3) is 0 Å². The molecule has 0 aliphatic carbocycles. The second-order valence-electron chi connectivity index (χ2n) is 10.5. The average molecular weight is 525 g/mol. The predicted molar refractivity (Wildman–Crippen MR) is 142 cm³/mol. The zero-order chi connectivity index (χ0) is 26.2. The third-order valence-corrected chi connectivity index (χ3v) is 7.43. The Bertz CT molecular complexity index is 1280. The number of carbonyl (C=O) groups excluding carboxylic acids is 2. The van der Waals surface area contributed by atoms with Crippen molar-refractivity contribution in [3.8, 4) is 17.0 Å². The summed E-state index contributed by atoms with van der Waals surface area (Å²) in [7, 11) is 0. The number of carbonyl (C=O) groups is 2. The molecule has 2 saturated heterocycles. The molecule has 2 aliphatic heterocycles. The zero-order valence-corrected chi connectivity index (χ0v) is 22.4. The van der Waals surface area contributed by atoms with Gasteiger partial charge in [0.05, 0.1) is 33.8 Å². The standard InChI is InChI=1S/C26H32N6O4S/c1-16(18-11-23(33)29-12-18)35-21-10-17(9-19-24(21)37-15-30-19)20-13-28-22(14-27-20)31-5-7-32(8-6-31)25(34)36-26(2,3)4/h9-10,13-16,18H,5-8,11-12H2,1-4H3,(H,29,33)/t16-,18-/m1/s1. The van der Waals surface area contributed by atoms with Crippen molar-refractivity contribution in [3.63, 3.8) is 0 Å². The highest BCUT2D eigenvalue weighted by atomic mass is 32.1. The van der Waals surface area contributed by atoms with E-state index in [1.165, 1.54) is 11.3 Å². The molecule has 4 heterocycles. The molecular weight excluding hydrogens is 492 g/mol. The minimum absolute atomic E-state index is 0.0683. The number of aromatic nitrogens is 3. The SMILES string of the molecule is C[C@@H](Oc1cc(-c2cnc(N3CCN(C(=O)OC(C)(C)C)CC3)cn2)cc2ncsc12)[C@H]1CNC(=O)C1. The Morgan fingerprint density at radius 1 is 1.14 bits per heavy atom. The number of nitrogens with zero attached hydrogens (tertiary/aromatic N) is 5. The number of anilines is 1. The van der Waals surface area contributed by atoms with Gasteiger partial charge in [0.2, 0.25) is 5.91 Å². The normalized spacial score (nSPS) is 19.1. The minimum atomic E-state index is -0.507. The van der Waals surface area contributed by atoms with Gasteiger partial charge in [-0.05, 0) is 39.8 Å². The van der Waals surface area contributed by atoms with Crippen LogP contribution in [0.2, 0.25) is 0 Å². The molecule has 2 aliphatic rings. The molecular formula is C26H32N6O4S. The van der Waals surface area contributed by atoms with Gasteiger partial charge >= 0.3 is 6.09 Å². The maximum atomic E-state index is 12.3. The Hall–Kier alpha value is -3.47.